The number of benzene rings is 2. The van der Waals surface area contributed by atoms with E-state index in [1.54, 1.807) is 0 Å². The van der Waals surface area contributed by atoms with Crippen LogP contribution in [0.3, 0.4) is 0 Å². The third-order valence-electron chi connectivity index (χ3n) is 9.92. The van der Waals surface area contributed by atoms with Crippen molar-refractivity contribution in [1.29, 1.82) is 0 Å². The lowest BCUT2D eigenvalue weighted by Crippen LogP contribution is -2.46. The van der Waals surface area contributed by atoms with Crippen molar-refractivity contribution < 1.29 is 9.90 Å². The molecule has 3 heterocycles. The number of aliphatic carboxylic acids is 1. The van der Waals surface area contributed by atoms with Crippen molar-refractivity contribution in [2.45, 2.75) is 69.2 Å². The van der Waals surface area contributed by atoms with E-state index >= 15 is 0 Å². The molecular weight excluding hydrogens is 496 g/mol. The first kappa shape index (κ1) is 27.2. The first-order valence-corrected chi connectivity index (χ1v) is 15.5. The number of piperidine rings is 1. The monoisotopic (exact) mass is 540 g/mol. The number of aromatic amines is 1. The maximum absolute atomic E-state index is 12.6. The van der Waals surface area contributed by atoms with Crippen LogP contribution >= 0.6 is 0 Å². The molecule has 3 aliphatic rings. The molecular formula is C34H44N4O2. The molecule has 0 radical (unpaired) electrons. The van der Waals surface area contributed by atoms with Gasteiger partial charge in [0.2, 0.25) is 0 Å². The first-order chi connectivity index (χ1) is 19.7. The van der Waals surface area contributed by atoms with Crippen molar-refractivity contribution in [2.75, 3.05) is 32.7 Å². The zero-order chi connectivity index (χ0) is 27.3. The van der Waals surface area contributed by atoms with Crippen LogP contribution in [-0.4, -0.2) is 69.8 Å². The van der Waals surface area contributed by atoms with Crippen LogP contribution in [0.15, 0.2) is 66.9 Å². The van der Waals surface area contributed by atoms with Gasteiger partial charge in [0.15, 0.2) is 0 Å². The highest BCUT2D eigenvalue weighted by Gasteiger charge is 2.43. The molecule has 3 fully saturated rings. The van der Waals surface area contributed by atoms with Gasteiger partial charge in [0.25, 0.3) is 0 Å². The molecule has 0 amide bonds. The number of nitrogens with one attached hydrogen (secondary N) is 1. The summed E-state index contributed by atoms with van der Waals surface area (Å²) >= 11 is 0. The van der Waals surface area contributed by atoms with Crippen molar-refractivity contribution in [3.05, 3.63) is 89.2 Å². The molecule has 6 heteroatoms. The average molecular weight is 541 g/mol. The lowest BCUT2D eigenvalue weighted by molar-refractivity contribution is -0.145. The van der Waals surface area contributed by atoms with E-state index in [1.807, 2.05) is 6.20 Å². The average Bonchev–Trinajstić information content (AvgIpc) is 3.62. The SMILES string of the molecule is O=C(O)[C@@H](C1CCCCC1)N1C[C@H](CN2CCC(c3[nH]ncc3Cc3ccccc3)CC2)[C@@H](c2ccccc2)C1. The number of likely N-dealkylation sites (tertiary alicyclic amines) is 2. The zero-order valence-corrected chi connectivity index (χ0v) is 23.6. The Morgan fingerprint density at radius 1 is 0.925 bits per heavy atom. The van der Waals surface area contributed by atoms with Crippen molar-refractivity contribution in [3.63, 3.8) is 0 Å². The molecule has 2 aromatic carbocycles. The summed E-state index contributed by atoms with van der Waals surface area (Å²) in [5.74, 6) is 1.02. The Bertz CT molecular complexity index is 1220. The van der Waals surface area contributed by atoms with Crippen LogP contribution in [0.4, 0.5) is 0 Å². The molecule has 3 atom stereocenters. The number of aromatic nitrogens is 2. The van der Waals surface area contributed by atoms with E-state index in [-0.39, 0.29) is 12.0 Å². The molecule has 2 saturated heterocycles. The van der Waals surface area contributed by atoms with Crippen LogP contribution in [0.2, 0.25) is 0 Å². The Morgan fingerprint density at radius 3 is 2.33 bits per heavy atom. The Labute approximate surface area is 238 Å². The minimum Gasteiger partial charge on any atom is -0.480 e. The van der Waals surface area contributed by atoms with Gasteiger partial charge >= 0.3 is 5.97 Å². The van der Waals surface area contributed by atoms with Crippen LogP contribution in [-0.2, 0) is 11.2 Å². The van der Waals surface area contributed by atoms with E-state index in [0.29, 0.717) is 17.8 Å². The topological polar surface area (TPSA) is 72.5 Å². The van der Waals surface area contributed by atoms with Crippen LogP contribution < -0.4 is 0 Å². The summed E-state index contributed by atoms with van der Waals surface area (Å²) in [5, 5.41) is 18.1. The number of nitrogens with zero attached hydrogens (tertiary/aromatic N) is 3. The maximum atomic E-state index is 12.6. The summed E-state index contributed by atoms with van der Waals surface area (Å²) in [7, 11) is 0. The molecule has 1 saturated carbocycles. The Balaban J connectivity index is 1.12. The third-order valence-corrected chi connectivity index (χ3v) is 9.92. The zero-order valence-electron chi connectivity index (χ0n) is 23.6. The third kappa shape index (κ3) is 6.18. The second-order valence-electron chi connectivity index (χ2n) is 12.5. The number of carbonyl (C=O) groups is 1. The Hall–Kier alpha value is -2.96. The van der Waals surface area contributed by atoms with Gasteiger partial charge in [-0.05, 0) is 67.3 Å². The van der Waals surface area contributed by atoms with E-state index in [2.05, 4.69) is 80.7 Å². The van der Waals surface area contributed by atoms with Crippen molar-refractivity contribution in [1.82, 2.24) is 20.0 Å². The van der Waals surface area contributed by atoms with Gasteiger partial charge in [-0.1, -0.05) is 79.9 Å². The van der Waals surface area contributed by atoms with E-state index in [0.717, 1.165) is 64.8 Å². The number of carboxylic acids is 1. The second-order valence-corrected chi connectivity index (χ2v) is 12.5. The molecule has 40 heavy (non-hydrogen) atoms. The van der Waals surface area contributed by atoms with Crippen LogP contribution in [0, 0.1) is 11.8 Å². The molecule has 212 valence electrons. The summed E-state index contributed by atoms with van der Waals surface area (Å²) in [4.78, 5) is 17.5. The van der Waals surface area contributed by atoms with Crippen LogP contribution in [0.5, 0.6) is 0 Å². The number of hydrogen-bond acceptors (Lipinski definition) is 4. The molecule has 0 spiro atoms. The molecule has 1 aliphatic carbocycles. The summed E-state index contributed by atoms with van der Waals surface area (Å²) in [6.07, 6.45) is 10.9. The smallest absolute Gasteiger partial charge is 0.321 e. The van der Waals surface area contributed by atoms with Gasteiger partial charge in [-0.15, -0.1) is 0 Å². The van der Waals surface area contributed by atoms with Crippen molar-refractivity contribution in [3.8, 4) is 0 Å². The van der Waals surface area contributed by atoms with Crippen LogP contribution in [0.25, 0.3) is 0 Å². The molecule has 0 unspecified atom stereocenters. The summed E-state index contributed by atoms with van der Waals surface area (Å²) < 4.78 is 0. The highest BCUT2D eigenvalue weighted by molar-refractivity contribution is 5.74. The number of rotatable bonds is 9. The predicted molar refractivity (Wildman–Crippen MR) is 158 cm³/mol. The standard InChI is InChI=1S/C34H44N4O2/c39-34(40)33(28-14-8-3-9-15-28)38-23-30(31(24-38)26-12-6-2-7-13-26)22-37-18-16-27(17-19-37)32-29(21-35-36-32)20-25-10-4-1-5-11-25/h1-2,4-7,10-13,21,27-28,30-31,33H,3,8-9,14-20,22-24H2,(H,35,36)(H,39,40)/t30-,31+,33+/m0/s1. The molecule has 2 N–H and O–H groups in total. The lowest BCUT2D eigenvalue weighted by Gasteiger charge is -2.35. The first-order valence-electron chi connectivity index (χ1n) is 15.5. The normalized spacial score (nSPS) is 24.3. The molecule has 6 rings (SSSR count). The van der Waals surface area contributed by atoms with E-state index in [4.69, 9.17) is 0 Å². The second kappa shape index (κ2) is 12.7. The fourth-order valence-corrected chi connectivity index (χ4v) is 7.87. The summed E-state index contributed by atoms with van der Waals surface area (Å²) in [6, 6.07) is 21.2. The van der Waals surface area contributed by atoms with Crippen molar-refractivity contribution in [2.24, 2.45) is 11.8 Å². The van der Waals surface area contributed by atoms with Gasteiger partial charge in [-0.2, -0.15) is 5.10 Å². The van der Waals surface area contributed by atoms with E-state index in [1.165, 1.54) is 41.6 Å². The quantitative estimate of drug-likeness (QED) is 0.352. The van der Waals surface area contributed by atoms with Gasteiger partial charge in [0.1, 0.15) is 6.04 Å². The van der Waals surface area contributed by atoms with Gasteiger partial charge in [0, 0.05) is 43.6 Å². The van der Waals surface area contributed by atoms with Gasteiger partial charge < -0.3 is 10.0 Å². The molecule has 3 aromatic rings. The lowest BCUT2D eigenvalue weighted by atomic mass is 9.83. The fourth-order valence-electron chi connectivity index (χ4n) is 7.87. The number of carboxylic acid groups (broad SMARTS) is 1. The molecule has 1 aromatic heterocycles. The summed E-state index contributed by atoms with van der Waals surface area (Å²) in [5.41, 5.74) is 5.33. The van der Waals surface area contributed by atoms with E-state index < -0.39 is 5.97 Å². The van der Waals surface area contributed by atoms with Gasteiger partial charge in [-0.3, -0.25) is 14.8 Å². The highest BCUT2D eigenvalue weighted by atomic mass is 16.4. The minimum atomic E-state index is -0.619. The fraction of sp³-hybridized carbons (Fsp3) is 0.529. The van der Waals surface area contributed by atoms with Crippen LogP contribution in [0.1, 0.15) is 79.2 Å². The van der Waals surface area contributed by atoms with Crippen molar-refractivity contribution >= 4 is 5.97 Å². The Kier molecular flexibility index (Phi) is 8.64. The van der Waals surface area contributed by atoms with Gasteiger partial charge in [-0.25, -0.2) is 0 Å². The summed E-state index contributed by atoms with van der Waals surface area (Å²) in [6.45, 7) is 4.94. The minimum absolute atomic E-state index is 0.289. The number of hydrogen-bond donors (Lipinski definition) is 2. The predicted octanol–water partition coefficient (Wildman–Crippen LogP) is 5.93. The molecule has 6 nitrogen and oxygen atoms in total. The van der Waals surface area contributed by atoms with E-state index in [9.17, 15) is 9.90 Å². The molecule has 0 bridgehead atoms. The van der Waals surface area contributed by atoms with Gasteiger partial charge in [0.05, 0.1) is 6.20 Å². The largest absolute Gasteiger partial charge is 0.480 e. The Morgan fingerprint density at radius 2 is 1.62 bits per heavy atom. The molecule has 2 aliphatic heterocycles. The maximum Gasteiger partial charge on any atom is 0.321 e. The number of H-pyrrole nitrogens is 1. The highest BCUT2D eigenvalue weighted by Crippen LogP contribution is 2.39.